The summed E-state index contributed by atoms with van der Waals surface area (Å²) in [4.78, 5) is 25.7. The molecule has 0 spiro atoms. The van der Waals surface area contributed by atoms with Crippen molar-refractivity contribution >= 4 is 33.4 Å². The van der Waals surface area contributed by atoms with Crippen molar-refractivity contribution < 1.29 is 22.7 Å². The zero-order chi connectivity index (χ0) is 24.0. The lowest BCUT2D eigenvalue weighted by molar-refractivity contribution is -0.124. The number of halogens is 1. The molecule has 1 atom stereocenters. The number of amides is 2. The van der Waals surface area contributed by atoms with Gasteiger partial charge in [-0.25, -0.2) is 8.42 Å². The van der Waals surface area contributed by atoms with Crippen LogP contribution >= 0.6 is 11.6 Å². The van der Waals surface area contributed by atoms with Crippen molar-refractivity contribution in [2.45, 2.75) is 31.3 Å². The Morgan fingerprint density at radius 1 is 1.09 bits per heavy atom. The van der Waals surface area contributed by atoms with Crippen LogP contribution < -0.4 is 10.6 Å². The number of carbonyl (C=O) groups excluding carboxylic acids is 2. The zero-order valence-electron chi connectivity index (χ0n) is 18.6. The molecule has 2 aromatic carbocycles. The van der Waals surface area contributed by atoms with Gasteiger partial charge in [-0.2, -0.15) is 4.31 Å². The Kier molecular flexibility index (Phi) is 8.47. The van der Waals surface area contributed by atoms with E-state index in [1.807, 2.05) is 26.0 Å². The van der Waals surface area contributed by atoms with Crippen LogP contribution in [0.25, 0.3) is 0 Å². The van der Waals surface area contributed by atoms with E-state index in [1.54, 1.807) is 12.1 Å². The van der Waals surface area contributed by atoms with Crippen LogP contribution in [0.2, 0.25) is 5.02 Å². The molecule has 2 N–H and O–H groups in total. The maximum Gasteiger partial charge on any atom is 0.251 e. The van der Waals surface area contributed by atoms with Crippen molar-refractivity contribution in [2.24, 2.45) is 5.92 Å². The Bertz CT molecular complexity index is 1100. The summed E-state index contributed by atoms with van der Waals surface area (Å²) in [6, 6.07) is 12.2. The third-order valence-electron chi connectivity index (χ3n) is 5.35. The molecule has 0 aromatic heterocycles. The van der Waals surface area contributed by atoms with Crippen LogP contribution in [0.5, 0.6) is 0 Å². The Hall–Kier alpha value is -2.46. The summed E-state index contributed by atoms with van der Waals surface area (Å²) < 4.78 is 32.4. The van der Waals surface area contributed by atoms with E-state index in [-0.39, 0.29) is 41.9 Å². The average molecular weight is 494 g/mol. The number of benzene rings is 2. The number of morpholine rings is 1. The van der Waals surface area contributed by atoms with Gasteiger partial charge < -0.3 is 15.4 Å². The Labute approximate surface area is 199 Å². The largest absolute Gasteiger partial charge is 0.379 e. The summed E-state index contributed by atoms with van der Waals surface area (Å²) in [5, 5.41) is 6.08. The molecular formula is C23H28ClN3O5S. The molecule has 1 fully saturated rings. The van der Waals surface area contributed by atoms with Gasteiger partial charge in [-0.05, 0) is 35.7 Å². The van der Waals surface area contributed by atoms with Gasteiger partial charge in [0.1, 0.15) is 6.04 Å². The molecule has 10 heteroatoms. The van der Waals surface area contributed by atoms with Crippen LogP contribution in [0, 0.1) is 5.92 Å². The number of hydrogen-bond donors (Lipinski definition) is 2. The highest BCUT2D eigenvalue weighted by atomic mass is 35.5. The van der Waals surface area contributed by atoms with Gasteiger partial charge in [0.05, 0.1) is 18.1 Å². The Morgan fingerprint density at radius 3 is 2.45 bits per heavy atom. The zero-order valence-corrected chi connectivity index (χ0v) is 20.2. The van der Waals surface area contributed by atoms with Crippen molar-refractivity contribution in [3.05, 3.63) is 64.7 Å². The van der Waals surface area contributed by atoms with Gasteiger partial charge in [-0.15, -0.1) is 0 Å². The molecule has 1 heterocycles. The van der Waals surface area contributed by atoms with Crippen LogP contribution in [-0.2, 0) is 26.1 Å². The van der Waals surface area contributed by atoms with Crippen molar-refractivity contribution in [2.75, 3.05) is 26.3 Å². The molecule has 8 nitrogen and oxygen atoms in total. The molecule has 2 aromatic rings. The van der Waals surface area contributed by atoms with Gasteiger partial charge in [0.2, 0.25) is 15.9 Å². The van der Waals surface area contributed by atoms with Gasteiger partial charge in [0, 0.05) is 30.2 Å². The lowest BCUT2D eigenvalue weighted by Crippen LogP contribution is -2.49. The number of ether oxygens (including phenoxy) is 1. The fourth-order valence-electron chi connectivity index (χ4n) is 3.43. The van der Waals surface area contributed by atoms with Crippen molar-refractivity contribution in [1.29, 1.82) is 0 Å². The third-order valence-corrected chi connectivity index (χ3v) is 7.61. The molecule has 1 saturated heterocycles. The summed E-state index contributed by atoms with van der Waals surface area (Å²) in [7, 11) is -3.74. The lowest BCUT2D eigenvalue weighted by Gasteiger charge is -2.26. The summed E-state index contributed by atoms with van der Waals surface area (Å²) in [6.07, 6.45) is 0. The maximum absolute atomic E-state index is 12.9. The first kappa shape index (κ1) is 25.2. The van der Waals surface area contributed by atoms with Crippen molar-refractivity contribution in [3.63, 3.8) is 0 Å². The minimum atomic E-state index is -3.74. The monoisotopic (exact) mass is 493 g/mol. The van der Waals surface area contributed by atoms with E-state index in [4.69, 9.17) is 16.3 Å². The highest BCUT2D eigenvalue weighted by Gasteiger charge is 2.28. The maximum atomic E-state index is 12.9. The van der Waals surface area contributed by atoms with Crippen LogP contribution in [0.15, 0.2) is 53.4 Å². The number of sulfonamides is 1. The predicted octanol–water partition coefficient (Wildman–Crippen LogP) is 2.43. The number of nitrogens with one attached hydrogen (secondary N) is 2. The van der Waals surface area contributed by atoms with E-state index in [0.717, 1.165) is 5.56 Å². The molecule has 33 heavy (non-hydrogen) atoms. The fraction of sp³-hybridized carbons (Fsp3) is 0.391. The van der Waals surface area contributed by atoms with Crippen LogP contribution in [-0.4, -0.2) is 56.9 Å². The van der Waals surface area contributed by atoms with Gasteiger partial charge in [0.25, 0.3) is 5.91 Å². The number of nitrogens with zero attached hydrogens (tertiary/aromatic N) is 1. The van der Waals surface area contributed by atoms with E-state index in [2.05, 4.69) is 10.6 Å². The molecular weight excluding hydrogens is 466 g/mol. The molecule has 0 radical (unpaired) electrons. The van der Waals surface area contributed by atoms with Gasteiger partial charge in [0.15, 0.2) is 0 Å². The highest BCUT2D eigenvalue weighted by Crippen LogP contribution is 2.19. The number of rotatable bonds is 8. The second-order valence-electron chi connectivity index (χ2n) is 8.05. The van der Waals surface area contributed by atoms with E-state index < -0.39 is 22.0 Å². The highest BCUT2D eigenvalue weighted by molar-refractivity contribution is 7.89. The van der Waals surface area contributed by atoms with Crippen LogP contribution in [0.3, 0.4) is 0 Å². The topological polar surface area (TPSA) is 105 Å². The average Bonchev–Trinajstić information content (AvgIpc) is 2.82. The van der Waals surface area contributed by atoms with E-state index in [0.29, 0.717) is 18.2 Å². The first-order chi connectivity index (χ1) is 15.7. The second-order valence-corrected chi connectivity index (χ2v) is 10.4. The van der Waals surface area contributed by atoms with Gasteiger partial charge >= 0.3 is 0 Å². The first-order valence-corrected chi connectivity index (χ1v) is 12.5. The third kappa shape index (κ3) is 6.32. The van der Waals surface area contributed by atoms with Crippen molar-refractivity contribution in [3.8, 4) is 0 Å². The van der Waals surface area contributed by atoms with E-state index >= 15 is 0 Å². The summed E-state index contributed by atoms with van der Waals surface area (Å²) in [6.45, 7) is 5.06. The number of carbonyl (C=O) groups is 2. The van der Waals surface area contributed by atoms with E-state index in [9.17, 15) is 18.0 Å². The molecule has 3 rings (SSSR count). The molecule has 0 saturated carbocycles. The Balaban J connectivity index is 1.70. The first-order valence-electron chi connectivity index (χ1n) is 10.7. The van der Waals surface area contributed by atoms with Gasteiger partial charge in [-0.1, -0.05) is 49.7 Å². The predicted molar refractivity (Wildman–Crippen MR) is 125 cm³/mol. The minimum Gasteiger partial charge on any atom is -0.379 e. The molecule has 0 unspecified atom stereocenters. The molecule has 2 amide bonds. The fourth-order valence-corrected chi connectivity index (χ4v) is 5.08. The van der Waals surface area contributed by atoms with Gasteiger partial charge in [-0.3, -0.25) is 9.59 Å². The van der Waals surface area contributed by atoms with E-state index in [1.165, 1.54) is 28.6 Å². The van der Waals surface area contributed by atoms with Crippen LogP contribution in [0.4, 0.5) is 0 Å². The van der Waals surface area contributed by atoms with Crippen LogP contribution in [0.1, 0.15) is 29.8 Å². The minimum absolute atomic E-state index is 0.0290. The summed E-state index contributed by atoms with van der Waals surface area (Å²) in [5.41, 5.74) is 0.927. The molecule has 1 aliphatic rings. The summed E-state index contributed by atoms with van der Waals surface area (Å²) >= 11 is 6.14. The normalized spacial score (nSPS) is 15.8. The van der Waals surface area contributed by atoms with Crippen molar-refractivity contribution in [1.82, 2.24) is 14.9 Å². The second kappa shape index (κ2) is 11.1. The SMILES string of the molecule is CC(C)[C@H](NC(=O)c1cccc(S(=O)(=O)N2CCOCC2)c1)C(=O)NCc1ccccc1Cl. The standard InChI is InChI=1S/C23H28ClN3O5S/c1-16(2)21(23(29)25-15-18-6-3-4-9-20(18)24)26-22(28)17-7-5-8-19(14-17)33(30,31)27-10-12-32-13-11-27/h3-9,14,16,21H,10-13,15H2,1-2H3,(H,25,29)(H,26,28)/t21-/m0/s1. The Morgan fingerprint density at radius 2 is 1.79 bits per heavy atom. The quantitative estimate of drug-likeness (QED) is 0.587. The molecule has 0 aliphatic carbocycles. The number of hydrogen-bond acceptors (Lipinski definition) is 5. The smallest absolute Gasteiger partial charge is 0.251 e. The molecule has 178 valence electrons. The lowest BCUT2D eigenvalue weighted by atomic mass is 10.0. The molecule has 0 bridgehead atoms. The summed E-state index contributed by atoms with van der Waals surface area (Å²) in [5.74, 6) is -1.07. The molecule has 1 aliphatic heterocycles.